The molecule has 1 amide bonds. The first-order valence-electron chi connectivity index (χ1n) is 8.72. The Kier molecular flexibility index (Phi) is 5.61. The van der Waals surface area contributed by atoms with Gasteiger partial charge in [-0.25, -0.2) is 4.98 Å². The van der Waals surface area contributed by atoms with Gasteiger partial charge in [0, 0.05) is 36.6 Å². The van der Waals surface area contributed by atoms with Crippen LogP contribution in [0, 0.1) is 12.8 Å². The minimum absolute atomic E-state index is 0.0146. The standard InChI is InChI=1S/C17H25N3O3S/c1-12-9-18-17-20(15(12)22)10-13(11-24-17)16(23)19(7-8-21)14-5-3-2-4-6-14/h9,13-14,21H,2-8,10-11H2,1H3. The molecular formula is C17H25N3O3S. The van der Waals surface area contributed by atoms with Crippen LogP contribution in [0.4, 0.5) is 0 Å². The molecule has 24 heavy (non-hydrogen) atoms. The van der Waals surface area contributed by atoms with Gasteiger partial charge in [0.05, 0.1) is 12.5 Å². The summed E-state index contributed by atoms with van der Waals surface area (Å²) in [5.41, 5.74) is 0.545. The van der Waals surface area contributed by atoms with Gasteiger partial charge in [-0.2, -0.15) is 0 Å². The summed E-state index contributed by atoms with van der Waals surface area (Å²) in [7, 11) is 0. The zero-order valence-corrected chi connectivity index (χ0v) is 14.9. The molecule has 2 aliphatic rings. The minimum atomic E-state index is -0.225. The van der Waals surface area contributed by atoms with E-state index in [1.165, 1.54) is 18.2 Å². The minimum Gasteiger partial charge on any atom is -0.395 e. The predicted molar refractivity (Wildman–Crippen MR) is 93.1 cm³/mol. The molecule has 1 aromatic rings. The summed E-state index contributed by atoms with van der Waals surface area (Å²) in [6, 6.07) is 0.233. The van der Waals surface area contributed by atoms with Gasteiger partial charge in [-0.3, -0.25) is 14.2 Å². The quantitative estimate of drug-likeness (QED) is 0.831. The van der Waals surface area contributed by atoms with Gasteiger partial charge in [0.25, 0.3) is 5.56 Å². The molecule has 0 bridgehead atoms. The first-order chi connectivity index (χ1) is 11.6. The van der Waals surface area contributed by atoms with Crippen molar-refractivity contribution in [1.29, 1.82) is 0 Å². The molecule has 2 heterocycles. The second kappa shape index (κ2) is 7.70. The maximum Gasteiger partial charge on any atom is 0.257 e. The summed E-state index contributed by atoms with van der Waals surface area (Å²) < 4.78 is 1.63. The molecule has 1 fully saturated rings. The lowest BCUT2D eigenvalue weighted by atomic mass is 9.93. The molecule has 6 nitrogen and oxygen atoms in total. The van der Waals surface area contributed by atoms with Crippen molar-refractivity contribution in [2.45, 2.75) is 56.8 Å². The fourth-order valence-corrected chi connectivity index (χ4v) is 4.70. The van der Waals surface area contributed by atoms with Gasteiger partial charge >= 0.3 is 0 Å². The normalized spacial score (nSPS) is 21.3. The van der Waals surface area contributed by atoms with Crippen molar-refractivity contribution in [3.63, 3.8) is 0 Å². The number of hydrogen-bond acceptors (Lipinski definition) is 5. The average Bonchev–Trinajstić information content (AvgIpc) is 2.63. The molecule has 132 valence electrons. The third-order valence-corrected chi connectivity index (χ3v) is 6.14. The van der Waals surface area contributed by atoms with E-state index in [4.69, 9.17) is 0 Å². The van der Waals surface area contributed by atoms with Crippen LogP contribution in [0.2, 0.25) is 0 Å². The van der Waals surface area contributed by atoms with Crippen molar-refractivity contribution in [3.05, 3.63) is 22.1 Å². The number of nitrogens with zero attached hydrogens (tertiary/aromatic N) is 3. The number of aryl methyl sites for hydroxylation is 1. The highest BCUT2D eigenvalue weighted by molar-refractivity contribution is 7.99. The van der Waals surface area contributed by atoms with Crippen LogP contribution in [-0.4, -0.2) is 50.4 Å². The molecule has 1 aromatic heterocycles. The van der Waals surface area contributed by atoms with Gasteiger partial charge in [0.1, 0.15) is 0 Å². The van der Waals surface area contributed by atoms with Gasteiger partial charge in [-0.05, 0) is 19.8 Å². The van der Waals surface area contributed by atoms with E-state index in [0.29, 0.717) is 29.6 Å². The molecular weight excluding hydrogens is 326 g/mol. The molecule has 1 atom stereocenters. The Morgan fingerprint density at radius 3 is 2.88 bits per heavy atom. The predicted octanol–water partition coefficient (Wildman–Crippen LogP) is 1.43. The maximum absolute atomic E-state index is 13.1. The molecule has 7 heteroatoms. The van der Waals surface area contributed by atoms with E-state index in [0.717, 1.165) is 25.7 Å². The lowest BCUT2D eigenvalue weighted by molar-refractivity contribution is -0.139. The van der Waals surface area contributed by atoms with Crippen molar-refractivity contribution in [1.82, 2.24) is 14.5 Å². The monoisotopic (exact) mass is 351 g/mol. The molecule has 1 saturated carbocycles. The lowest BCUT2D eigenvalue weighted by Crippen LogP contribution is -2.48. The second-order valence-electron chi connectivity index (χ2n) is 6.69. The molecule has 0 aromatic carbocycles. The number of amides is 1. The molecule has 1 aliphatic heterocycles. The van der Waals surface area contributed by atoms with E-state index in [1.807, 2.05) is 4.90 Å². The molecule has 0 saturated heterocycles. The third kappa shape index (κ3) is 3.52. The van der Waals surface area contributed by atoms with E-state index in [1.54, 1.807) is 17.7 Å². The van der Waals surface area contributed by atoms with Crippen molar-refractivity contribution in [2.75, 3.05) is 18.9 Å². The van der Waals surface area contributed by atoms with Crippen molar-refractivity contribution >= 4 is 17.7 Å². The Balaban J connectivity index is 1.78. The van der Waals surface area contributed by atoms with Crippen LogP contribution < -0.4 is 5.56 Å². The first-order valence-corrected chi connectivity index (χ1v) is 9.71. The SMILES string of the molecule is Cc1cnc2n(c1=O)CC(C(=O)N(CCO)C1CCCCC1)CS2. The Hall–Kier alpha value is -1.34. The van der Waals surface area contributed by atoms with E-state index in [2.05, 4.69) is 4.98 Å². The number of hydrogen-bond donors (Lipinski definition) is 1. The van der Waals surface area contributed by atoms with Gasteiger partial charge in [0.2, 0.25) is 5.91 Å². The van der Waals surface area contributed by atoms with Crippen LogP contribution in [0.25, 0.3) is 0 Å². The van der Waals surface area contributed by atoms with Gasteiger partial charge < -0.3 is 10.0 Å². The molecule has 0 radical (unpaired) electrons. The van der Waals surface area contributed by atoms with Crippen molar-refractivity contribution in [2.24, 2.45) is 5.92 Å². The number of carbonyl (C=O) groups excluding carboxylic acids is 1. The van der Waals surface area contributed by atoms with Crippen LogP contribution in [0.3, 0.4) is 0 Å². The van der Waals surface area contributed by atoms with Gasteiger partial charge in [-0.1, -0.05) is 31.0 Å². The van der Waals surface area contributed by atoms with Crippen LogP contribution in [0.15, 0.2) is 16.1 Å². The average molecular weight is 351 g/mol. The molecule has 1 unspecified atom stereocenters. The second-order valence-corrected chi connectivity index (χ2v) is 7.68. The Morgan fingerprint density at radius 2 is 2.17 bits per heavy atom. The van der Waals surface area contributed by atoms with Gasteiger partial charge in [0.15, 0.2) is 5.16 Å². The topological polar surface area (TPSA) is 75.4 Å². The number of aromatic nitrogens is 2. The first kappa shape index (κ1) is 17.5. The van der Waals surface area contributed by atoms with Gasteiger partial charge in [-0.15, -0.1) is 0 Å². The summed E-state index contributed by atoms with van der Waals surface area (Å²) >= 11 is 1.47. The van der Waals surface area contributed by atoms with Crippen LogP contribution >= 0.6 is 11.8 Å². The Morgan fingerprint density at radius 1 is 1.42 bits per heavy atom. The smallest absolute Gasteiger partial charge is 0.257 e. The number of aliphatic hydroxyl groups is 1. The highest BCUT2D eigenvalue weighted by Crippen LogP contribution is 2.29. The largest absolute Gasteiger partial charge is 0.395 e. The summed E-state index contributed by atoms with van der Waals surface area (Å²) in [5, 5.41) is 10.1. The van der Waals surface area contributed by atoms with E-state index >= 15 is 0 Å². The van der Waals surface area contributed by atoms with Crippen LogP contribution in [0.5, 0.6) is 0 Å². The van der Waals surface area contributed by atoms with Crippen LogP contribution in [0.1, 0.15) is 37.7 Å². The molecule has 1 N–H and O–H groups in total. The lowest BCUT2D eigenvalue weighted by Gasteiger charge is -2.37. The summed E-state index contributed by atoms with van der Waals surface area (Å²) in [6.45, 7) is 2.51. The summed E-state index contributed by atoms with van der Waals surface area (Å²) in [6.07, 6.45) is 7.15. The summed E-state index contributed by atoms with van der Waals surface area (Å²) in [5.74, 6) is 0.489. The number of thioether (sulfide) groups is 1. The number of fused-ring (bicyclic) bond motifs is 1. The fourth-order valence-electron chi connectivity index (χ4n) is 3.66. The highest BCUT2D eigenvalue weighted by Gasteiger charge is 2.33. The fraction of sp³-hybridized carbons (Fsp3) is 0.706. The molecule has 3 rings (SSSR count). The number of carbonyl (C=O) groups is 1. The van der Waals surface area contributed by atoms with E-state index < -0.39 is 0 Å². The van der Waals surface area contributed by atoms with Crippen LogP contribution in [-0.2, 0) is 11.3 Å². The zero-order chi connectivity index (χ0) is 17.1. The van der Waals surface area contributed by atoms with Crippen molar-refractivity contribution in [3.8, 4) is 0 Å². The number of aliphatic hydroxyl groups excluding tert-OH is 1. The Labute approximate surface area is 146 Å². The van der Waals surface area contributed by atoms with E-state index in [9.17, 15) is 14.7 Å². The summed E-state index contributed by atoms with van der Waals surface area (Å²) in [4.78, 5) is 31.6. The molecule has 1 aliphatic carbocycles. The maximum atomic E-state index is 13.1. The van der Waals surface area contributed by atoms with Crippen molar-refractivity contribution < 1.29 is 9.90 Å². The third-order valence-electron chi connectivity index (χ3n) is 4.99. The van der Waals surface area contributed by atoms with E-state index in [-0.39, 0.29) is 30.0 Å². The highest BCUT2D eigenvalue weighted by atomic mass is 32.2. The Bertz CT molecular complexity index is 655. The zero-order valence-electron chi connectivity index (χ0n) is 14.1. The number of rotatable bonds is 4. The molecule has 0 spiro atoms.